The van der Waals surface area contributed by atoms with Gasteiger partial charge in [-0.1, -0.05) is 0 Å². The Labute approximate surface area is 113 Å². The number of carbonyl (C=O) groups is 1. The lowest BCUT2D eigenvalue weighted by atomic mass is 10.2. The summed E-state index contributed by atoms with van der Waals surface area (Å²) < 4.78 is 2.10. The molecule has 0 saturated carbocycles. The van der Waals surface area contributed by atoms with Gasteiger partial charge in [0, 0.05) is 17.8 Å². The largest absolute Gasteiger partial charge is 0.336 e. The van der Waals surface area contributed by atoms with Gasteiger partial charge in [-0.3, -0.25) is 0 Å². The number of hydrogen-bond donors (Lipinski definition) is 2. The van der Waals surface area contributed by atoms with Gasteiger partial charge < -0.3 is 15.2 Å². The molecule has 0 aliphatic heterocycles. The van der Waals surface area contributed by atoms with Crippen molar-refractivity contribution in [2.45, 2.75) is 39.8 Å². The third kappa shape index (κ3) is 3.05. The Morgan fingerprint density at radius 1 is 1.26 bits per heavy atom. The van der Waals surface area contributed by atoms with Gasteiger partial charge in [0.15, 0.2) is 0 Å². The van der Waals surface area contributed by atoms with Crippen LogP contribution in [0.3, 0.4) is 0 Å². The number of rotatable bonds is 3. The number of fused-ring (bicyclic) bond motifs is 1. The van der Waals surface area contributed by atoms with E-state index in [1.165, 1.54) is 0 Å². The lowest BCUT2D eigenvalue weighted by Gasteiger charge is -2.11. The van der Waals surface area contributed by atoms with E-state index in [4.69, 9.17) is 0 Å². The van der Waals surface area contributed by atoms with Crippen molar-refractivity contribution < 1.29 is 4.79 Å². The van der Waals surface area contributed by atoms with Gasteiger partial charge in [0.25, 0.3) is 0 Å². The molecule has 0 saturated heterocycles. The molecule has 5 heteroatoms. The monoisotopic (exact) mass is 260 g/mol. The molecule has 19 heavy (non-hydrogen) atoms. The Morgan fingerprint density at radius 2 is 2.00 bits per heavy atom. The first-order valence-corrected chi connectivity index (χ1v) is 6.51. The van der Waals surface area contributed by atoms with E-state index < -0.39 is 0 Å². The van der Waals surface area contributed by atoms with Crippen LogP contribution < -0.4 is 10.6 Å². The molecule has 2 amide bonds. The van der Waals surface area contributed by atoms with Gasteiger partial charge in [0.2, 0.25) is 0 Å². The maximum absolute atomic E-state index is 11.6. The quantitative estimate of drug-likeness (QED) is 0.890. The molecule has 5 nitrogen and oxygen atoms in total. The zero-order valence-corrected chi connectivity index (χ0v) is 11.8. The molecule has 1 aromatic carbocycles. The fourth-order valence-electron chi connectivity index (χ4n) is 1.95. The van der Waals surface area contributed by atoms with E-state index in [-0.39, 0.29) is 12.1 Å². The minimum atomic E-state index is -0.197. The number of aromatic nitrogens is 2. The number of imidazole rings is 1. The van der Waals surface area contributed by atoms with Gasteiger partial charge in [0.1, 0.15) is 0 Å². The van der Waals surface area contributed by atoms with E-state index in [1.807, 2.05) is 38.4 Å². The summed E-state index contributed by atoms with van der Waals surface area (Å²) in [5.74, 6) is 0. The molecule has 0 aliphatic rings. The van der Waals surface area contributed by atoms with Crippen LogP contribution in [0.1, 0.15) is 33.7 Å². The van der Waals surface area contributed by atoms with Gasteiger partial charge in [-0.05, 0) is 45.9 Å². The van der Waals surface area contributed by atoms with E-state index in [2.05, 4.69) is 34.0 Å². The second-order valence-electron chi connectivity index (χ2n) is 5.20. The van der Waals surface area contributed by atoms with Crippen molar-refractivity contribution >= 4 is 22.8 Å². The number of benzene rings is 1. The normalized spacial score (nSPS) is 11.3. The van der Waals surface area contributed by atoms with Gasteiger partial charge in [-0.2, -0.15) is 0 Å². The van der Waals surface area contributed by atoms with Crippen LogP contribution in [0.25, 0.3) is 11.0 Å². The van der Waals surface area contributed by atoms with Crippen LogP contribution in [0.15, 0.2) is 24.5 Å². The molecule has 1 heterocycles. The van der Waals surface area contributed by atoms with Crippen molar-refractivity contribution in [1.82, 2.24) is 14.9 Å². The highest BCUT2D eigenvalue weighted by atomic mass is 16.2. The molecular formula is C14H20N4O. The average molecular weight is 260 g/mol. The SMILES string of the molecule is CC(C)NC(=O)Nc1ccc2c(c1)ncn2C(C)C. The molecule has 0 bridgehead atoms. The van der Waals surface area contributed by atoms with Crippen LogP contribution in [-0.4, -0.2) is 21.6 Å². The van der Waals surface area contributed by atoms with Crippen molar-refractivity contribution in [2.24, 2.45) is 0 Å². The topological polar surface area (TPSA) is 59.0 Å². The molecule has 0 aliphatic carbocycles. The molecule has 0 atom stereocenters. The molecule has 102 valence electrons. The van der Waals surface area contributed by atoms with Crippen LogP contribution in [0.4, 0.5) is 10.5 Å². The van der Waals surface area contributed by atoms with Gasteiger partial charge in [-0.25, -0.2) is 9.78 Å². The molecule has 2 aromatic rings. The Bertz CT molecular complexity index is 586. The summed E-state index contributed by atoms with van der Waals surface area (Å²) in [5, 5.41) is 5.59. The highest BCUT2D eigenvalue weighted by Gasteiger charge is 2.08. The van der Waals surface area contributed by atoms with Crippen LogP contribution in [0.5, 0.6) is 0 Å². The minimum absolute atomic E-state index is 0.115. The van der Waals surface area contributed by atoms with Crippen molar-refractivity contribution in [3.8, 4) is 0 Å². The Kier molecular flexibility index (Phi) is 3.74. The fraction of sp³-hybridized carbons (Fsp3) is 0.429. The minimum Gasteiger partial charge on any atom is -0.336 e. The fourth-order valence-corrected chi connectivity index (χ4v) is 1.95. The predicted octanol–water partition coefficient (Wildman–Crippen LogP) is 3.15. The number of hydrogen-bond acceptors (Lipinski definition) is 2. The molecule has 1 aromatic heterocycles. The average Bonchev–Trinajstić information content (AvgIpc) is 2.70. The third-order valence-corrected chi connectivity index (χ3v) is 2.81. The molecular weight excluding hydrogens is 240 g/mol. The van der Waals surface area contributed by atoms with Crippen molar-refractivity contribution in [2.75, 3.05) is 5.32 Å². The first kappa shape index (κ1) is 13.4. The Balaban J connectivity index is 2.21. The van der Waals surface area contributed by atoms with E-state index in [0.29, 0.717) is 6.04 Å². The van der Waals surface area contributed by atoms with Crippen molar-refractivity contribution in [3.05, 3.63) is 24.5 Å². The van der Waals surface area contributed by atoms with Gasteiger partial charge in [-0.15, -0.1) is 0 Å². The van der Waals surface area contributed by atoms with Crippen LogP contribution in [0, 0.1) is 0 Å². The molecule has 0 unspecified atom stereocenters. The number of nitrogens with zero attached hydrogens (tertiary/aromatic N) is 2. The maximum atomic E-state index is 11.6. The number of amides is 2. The number of carbonyl (C=O) groups excluding carboxylic acids is 1. The molecule has 2 rings (SSSR count). The first-order valence-electron chi connectivity index (χ1n) is 6.51. The first-order chi connectivity index (χ1) is 8.97. The number of urea groups is 1. The summed E-state index contributed by atoms with van der Waals surface area (Å²) in [4.78, 5) is 16.0. The predicted molar refractivity (Wildman–Crippen MR) is 77.4 cm³/mol. The summed E-state index contributed by atoms with van der Waals surface area (Å²) in [6.45, 7) is 8.08. The Hall–Kier alpha value is -2.04. The molecule has 2 N–H and O–H groups in total. The third-order valence-electron chi connectivity index (χ3n) is 2.81. The van der Waals surface area contributed by atoms with Crippen molar-refractivity contribution in [1.29, 1.82) is 0 Å². The summed E-state index contributed by atoms with van der Waals surface area (Å²) >= 11 is 0. The van der Waals surface area contributed by atoms with E-state index in [9.17, 15) is 4.79 Å². The van der Waals surface area contributed by atoms with Crippen LogP contribution in [-0.2, 0) is 0 Å². The maximum Gasteiger partial charge on any atom is 0.319 e. The lowest BCUT2D eigenvalue weighted by molar-refractivity contribution is 0.250. The van der Waals surface area contributed by atoms with E-state index in [0.717, 1.165) is 16.7 Å². The van der Waals surface area contributed by atoms with E-state index in [1.54, 1.807) is 0 Å². The lowest BCUT2D eigenvalue weighted by Crippen LogP contribution is -2.34. The van der Waals surface area contributed by atoms with Crippen molar-refractivity contribution in [3.63, 3.8) is 0 Å². The van der Waals surface area contributed by atoms with Crippen LogP contribution >= 0.6 is 0 Å². The summed E-state index contributed by atoms with van der Waals surface area (Å²) in [6.07, 6.45) is 1.83. The highest BCUT2D eigenvalue weighted by molar-refractivity contribution is 5.92. The summed E-state index contributed by atoms with van der Waals surface area (Å²) in [5.41, 5.74) is 2.71. The second-order valence-corrected chi connectivity index (χ2v) is 5.20. The van der Waals surface area contributed by atoms with Gasteiger partial charge in [0.05, 0.1) is 17.4 Å². The van der Waals surface area contributed by atoms with E-state index >= 15 is 0 Å². The summed E-state index contributed by atoms with van der Waals surface area (Å²) in [7, 11) is 0. The standard InChI is InChI=1S/C14H20N4O/c1-9(2)16-14(19)17-11-5-6-13-12(7-11)15-8-18(13)10(3)4/h5-10H,1-4H3,(H2,16,17,19). The number of anilines is 1. The highest BCUT2D eigenvalue weighted by Crippen LogP contribution is 2.21. The molecule has 0 fully saturated rings. The summed E-state index contributed by atoms with van der Waals surface area (Å²) in [6, 6.07) is 6.04. The van der Waals surface area contributed by atoms with Crippen LogP contribution in [0.2, 0.25) is 0 Å². The second kappa shape index (κ2) is 5.30. The number of nitrogens with one attached hydrogen (secondary N) is 2. The zero-order valence-electron chi connectivity index (χ0n) is 11.8. The molecule has 0 spiro atoms. The smallest absolute Gasteiger partial charge is 0.319 e. The molecule has 0 radical (unpaired) electrons. The van der Waals surface area contributed by atoms with Gasteiger partial charge >= 0.3 is 6.03 Å². The Morgan fingerprint density at radius 3 is 2.63 bits per heavy atom. The zero-order chi connectivity index (χ0) is 14.0.